The van der Waals surface area contributed by atoms with E-state index in [1.807, 2.05) is 0 Å². The van der Waals surface area contributed by atoms with Gasteiger partial charge in [-0.05, 0) is 6.42 Å². The van der Waals surface area contributed by atoms with Gasteiger partial charge >= 0.3 is 17.9 Å². The lowest BCUT2D eigenvalue weighted by Gasteiger charge is -1.87. The standard InChI is InChI=1S/C5H8O2.C4H2O3.C2H4/c1-3-4(2)5(6)7;5-3-1-2-4(6)7-3;1-2/h2-3H2,1H3,(H,6,7);1-2H;1-2H2. The molecule has 0 unspecified atom stereocenters. The Bertz CT molecular complexity index is 298. The highest BCUT2D eigenvalue weighted by molar-refractivity contribution is 6.04. The quantitative estimate of drug-likeness (QED) is 0.333. The summed E-state index contributed by atoms with van der Waals surface area (Å²) in [5.74, 6) is -2.06. The average Bonchev–Trinajstić information content (AvgIpc) is 2.65. The van der Waals surface area contributed by atoms with E-state index in [4.69, 9.17) is 5.11 Å². The highest BCUT2D eigenvalue weighted by Crippen LogP contribution is 1.93. The Morgan fingerprint density at radius 3 is 1.75 bits per heavy atom. The minimum atomic E-state index is -0.900. The number of carboxylic acid groups (broad SMARTS) is 1. The van der Waals surface area contributed by atoms with Gasteiger partial charge in [-0.15, -0.1) is 13.2 Å². The fourth-order valence-corrected chi connectivity index (χ4v) is 0.454. The minimum absolute atomic E-state index is 0.264. The first-order chi connectivity index (χ1) is 7.47. The van der Waals surface area contributed by atoms with E-state index in [1.165, 1.54) is 0 Å². The van der Waals surface area contributed by atoms with E-state index in [0.717, 1.165) is 12.2 Å². The van der Waals surface area contributed by atoms with Crippen LogP contribution in [0.25, 0.3) is 0 Å². The molecule has 0 saturated heterocycles. The topological polar surface area (TPSA) is 80.7 Å². The summed E-state index contributed by atoms with van der Waals surface area (Å²) in [7, 11) is 0. The van der Waals surface area contributed by atoms with Crippen LogP contribution in [0.3, 0.4) is 0 Å². The highest BCUT2D eigenvalue weighted by atomic mass is 16.6. The van der Waals surface area contributed by atoms with Crippen LogP contribution in [0, 0.1) is 0 Å². The molecule has 1 N–H and O–H groups in total. The summed E-state index contributed by atoms with van der Waals surface area (Å²) in [6, 6.07) is 0. The maximum Gasteiger partial charge on any atom is 0.338 e. The lowest BCUT2D eigenvalue weighted by molar-refractivity contribution is -0.150. The fraction of sp³-hybridized carbons (Fsp3) is 0.182. The van der Waals surface area contributed by atoms with Crippen LogP contribution in [-0.4, -0.2) is 23.0 Å². The summed E-state index contributed by atoms with van der Waals surface area (Å²) in [6.45, 7) is 11.0. The number of carbonyl (C=O) groups is 3. The van der Waals surface area contributed by atoms with Crippen molar-refractivity contribution in [1.29, 1.82) is 0 Å². The van der Waals surface area contributed by atoms with Gasteiger partial charge in [0.15, 0.2) is 0 Å². The second-order valence-electron chi connectivity index (χ2n) is 2.34. The van der Waals surface area contributed by atoms with Crippen LogP contribution in [-0.2, 0) is 19.1 Å². The zero-order valence-electron chi connectivity index (χ0n) is 9.06. The highest BCUT2D eigenvalue weighted by Gasteiger charge is 2.10. The van der Waals surface area contributed by atoms with E-state index in [0.29, 0.717) is 6.42 Å². The normalized spacial score (nSPS) is 11.6. The molecule has 1 aliphatic heterocycles. The summed E-state index contributed by atoms with van der Waals surface area (Å²) in [5, 5.41) is 8.08. The molecular weight excluding hydrogens is 212 g/mol. The molecule has 0 aromatic carbocycles. The Labute approximate surface area is 93.7 Å². The van der Waals surface area contributed by atoms with Gasteiger partial charge in [0, 0.05) is 17.7 Å². The second-order valence-corrected chi connectivity index (χ2v) is 2.34. The zero-order chi connectivity index (χ0) is 13.1. The van der Waals surface area contributed by atoms with Crippen LogP contribution in [0.4, 0.5) is 0 Å². The van der Waals surface area contributed by atoms with Gasteiger partial charge in [-0.2, -0.15) is 0 Å². The van der Waals surface area contributed by atoms with Crippen LogP contribution in [0.1, 0.15) is 13.3 Å². The molecule has 5 nitrogen and oxygen atoms in total. The molecule has 1 rings (SSSR count). The molecule has 0 aromatic heterocycles. The summed E-state index contributed by atoms with van der Waals surface area (Å²) in [6.07, 6.45) is 2.69. The molecule has 0 atom stereocenters. The second kappa shape index (κ2) is 9.39. The number of hydrogen-bond donors (Lipinski definition) is 1. The number of carbonyl (C=O) groups excluding carboxylic acids is 2. The van der Waals surface area contributed by atoms with Crippen molar-refractivity contribution < 1.29 is 24.2 Å². The molecule has 5 heteroatoms. The maximum absolute atomic E-state index is 9.92. The zero-order valence-corrected chi connectivity index (χ0v) is 9.06. The molecule has 1 aliphatic rings. The smallest absolute Gasteiger partial charge is 0.338 e. The van der Waals surface area contributed by atoms with Gasteiger partial charge in [0.25, 0.3) is 0 Å². The van der Waals surface area contributed by atoms with Crippen molar-refractivity contribution in [1.82, 2.24) is 0 Å². The fourth-order valence-electron chi connectivity index (χ4n) is 0.454. The van der Waals surface area contributed by atoms with Gasteiger partial charge in [0.05, 0.1) is 0 Å². The van der Waals surface area contributed by atoms with Crippen molar-refractivity contribution in [2.24, 2.45) is 0 Å². The van der Waals surface area contributed by atoms with Crippen molar-refractivity contribution in [2.45, 2.75) is 13.3 Å². The van der Waals surface area contributed by atoms with Gasteiger partial charge in [-0.3, -0.25) is 0 Å². The molecule has 88 valence electrons. The molecule has 0 saturated carbocycles. The number of aliphatic carboxylic acids is 1. The van der Waals surface area contributed by atoms with Crippen LogP contribution >= 0.6 is 0 Å². The Kier molecular flexibility index (Phi) is 9.54. The first-order valence-corrected chi connectivity index (χ1v) is 4.32. The first kappa shape index (κ1) is 16.3. The van der Waals surface area contributed by atoms with Crippen LogP contribution in [0.15, 0.2) is 37.5 Å². The van der Waals surface area contributed by atoms with Crippen molar-refractivity contribution in [2.75, 3.05) is 0 Å². The van der Waals surface area contributed by atoms with Crippen molar-refractivity contribution in [3.63, 3.8) is 0 Å². The van der Waals surface area contributed by atoms with Crippen LogP contribution in [0.2, 0.25) is 0 Å². The van der Waals surface area contributed by atoms with Gasteiger partial charge in [-0.25, -0.2) is 14.4 Å². The monoisotopic (exact) mass is 226 g/mol. The Morgan fingerprint density at radius 1 is 1.31 bits per heavy atom. The number of rotatable bonds is 2. The number of carboxylic acids is 1. The van der Waals surface area contributed by atoms with Gasteiger partial charge in [0.2, 0.25) is 0 Å². The first-order valence-electron chi connectivity index (χ1n) is 4.32. The van der Waals surface area contributed by atoms with Crippen molar-refractivity contribution in [3.05, 3.63) is 37.5 Å². The van der Waals surface area contributed by atoms with Gasteiger partial charge in [0.1, 0.15) is 0 Å². The third-order valence-electron chi connectivity index (χ3n) is 1.29. The minimum Gasteiger partial charge on any atom is -0.478 e. The summed E-state index contributed by atoms with van der Waals surface area (Å²) < 4.78 is 3.97. The molecule has 1 heterocycles. The Hall–Kier alpha value is -2.17. The number of hydrogen-bond acceptors (Lipinski definition) is 4. The lowest BCUT2D eigenvalue weighted by atomic mass is 10.2. The third kappa shape index (κ3) is 8.43. The molecule has 0 radical (unpaired) electrons. The predicted octanol–water partition coefficient (Wildman–Crippen LogP) is 1.47. The third-order valence-corrected chi connectivity index (χ3v) is 1.29. The van der Waals surface area contributed by atoms with Crippen LogP contribution < -0.4 is 0 Å². The summed E-state index contributed by atoms with van der Waals surface area (Å²) in [5.41, 5.74) is 0.264. The molecule has 16 heavy (non-hydrogen) atoms. The van der Waals surface area contributed by atoms with Crippen molar-refractivity contribution in [3.8, 4) is 0 Å². The molecule has 0 aromatic rings. The molecule has 0 fully saturated rings. The Balaban J connectivity index is 0. The molecule has 0 aliphatic carbocycles. The number of ether oxygens (including phenoxy) is 1. The average molecular weight is 226 g/mol. The molecule has 0 amide bonds. The largest absolute Gasteiger partial charge is 0.478 e. The van der Waals surface area contributed by atoms with E-state index in [1.54, 1.807) is 6.92 Å². The van der Waals surface area contributed by atoms with Gasteiger partial charge < -0.3 is 9.84 Å². The summed E-state index contributed by atoms with van der Waals surface area (Å²) >= 11 is 0. The van der Waals surface area contributed by atoms with E-state index in [9.17, 15) is 14.4 Å². The van der Waals surface area contributed by atoms with Crippen molar-refractivity contribution >= 4 is 17.9 Å². The lowest BCUT2D eigenvalue weighted by Crippen LogP contribution is -1.96. The number of esters is 2. The number of cyclic esters (lactones) is 2. The molecular formula is C11H14O5. The van der Waals surface area contributed by atoms with E-state index >= 15 is 0 Å². The van der Waals surface area contributed by atoms with E-state index in [2.05, 4.69) is 24.5 Å². The van der Waals surface area contributed by atoms with Gasteiger partial charge in [-0.1, -0.05) is 13.5 Å². The molecule has 0 spiro atoms. The predicted molar refractivity (Wildman–Crippen MR) is 58.6 cm³/mol. The van der Waals surface area contributed by atoms with Crippen LogP contribution in [0.5, 0.6) is 0 Å². The SMILES string of the molecule is C=C.C=C(CC)C(=O)O.O=C1C=CC(=O)O1. The molecule has 0 bridgehead atoms. The Morgan fingerprint density at radius 2 is 1.69 bits per heavy atom. The maximum atomic E-state index is 9.92. The van der Waals surface area contributed by atoms with E-state index < -0.39 is 17.9 Å². The van der Waals surface area contributed by atoms with E-state index in [-0.39, 0.29) is 5.57 Å². The summed E-state index contributed by atoms with van der Waals surface area (Å²) in [4.78, 5) is 29.7.